The third kappa shape index (κ3) is 2.80. The highest BCUT2D eigenvalue weighted by atomic mass is 32.1. The molecule has 3 rings (SSSR count). The largest absolute Gasteiger partial charge is 0.336 e. The Kier molecular flexibility index (Phi) is 4.20. The maximum Gasteiger partial charge on any atom is 0.308 e. The number of hydrogen-bond donors (Lipinski definition) is 0. The Morgan fingerprint density at radius 3 is 2.52 bits per heavy atom. The number of fused-ring (bicyclic) bond motifs is 1. The maximum atomic E-state index is 12.7. The number of aryl methyl sites for hydroxylation is 1. The zero-order valence-electron chi connectivity index (χ0n) is 12.9. The number of carbonyl (C=O) groups excluding carboxylic acids is 1. The first-order valence-electron chi connectivity index (χ1n) is 8.10. The second kappa shape index (κ2) is 5.95. The zero-order valence-corrected chi connectivity index (χ0v) is 13.7. The number of hydrogen-bond acceptors (Lipinski definition) is 3. The minimum Gasteiger partial charge on any atom is -0.336 e. The summed E-state index contributed by atoms with van der Waals surface area (Å²) in [5, 5.41) is 0. The van der Waals surface area contributed by atoms with Crippen LogP contribution in [0.5, 0.6) is 0 Å². The van der Waals surface area contributed by atoms with Crippen molar-refractivity contribution in [3.05, 3.63) is 20.2 Å². The molecule has 1 saturated heterocycles. The molecule has 116 valence electrons. The number of thiazole rings is 1. The highest BCUT2D eigenvalue weighted by molar-refractivity contribution is 7.09. The Morgan fingerprint density at radius 2 is 1.81 bits per heavy atom. The molecule has 0 aromatic carbocycles. The summed E-state index contributed by atoms with van der Waals surface area (Å²) < 4.78 is 1.75. The predicted molar refractivity (Wildman–Crippen MR) is 84.8 cm³/mol. The lowest BCUT2D eigenvalue weighted by molar-refractivity contribution is -0.138. The van der Waals surface area contributed by atoms with Gasteiger partial charge in [-0.15, -0.1) is 0 Å². The molecule has 0 spiro atoms. The summed E-state index contributed by atoms with van der Waals surface area (Å²) in [5.74, 6) is 0.114. The second-order valence-electron chi connectivity index (χ2n) is 6.46. The monoisotopic (exact) mass is 308 g/mol. The maximum absolute atomic E-state index is 12.7. The van der Waals surface area contributed by atoms with Gasteiger partial charge in [0.1, 0.15) is 6.54 Å². The van der Waals surface area contributed by atoms with Crippen LogP contribution in [0.15, 0.2) is 4.79 Å². The van der Waals surface area contributed by atoms with Crippen LogP contribution in [0.2, 0.25) is 0 Å². The molecule has 4 nitrogen and oxygen atoms in total. The quantitative estimate of drug-likeness (QED) is 0.843. The van der Waals surface area contributed by atoms with E-state index in [0.717, 1.165) is 37.8 Å². The molecule has 2 heterocycles. The number of likely N-dealkylation sites (tertiary alicyclic amines) is 1. The van der Waals surface area contributed by atoms with Crippen LogP contribution in [0.25, 0.3) is 0 Å². The zero-order chi connectivity index (χ0) is 15.0. The molecule has 1 amide bonds. The first-order chi connectivity index (χ1) is 10.1. The Hall–Kier alpha value is -1.10. The lowest BCUT2D eigenvalue weighted by Gasteiger charge is -2.39. The summed E-state index contributed by atoms with van der Waals surface area (Å²) in [7, 11) is 0. The van der Waals surface area contributed by atoms with Crippen LogP contribution >= 0.6 is 11.3 Å². The molecule has 2 unspecified atom stereocenters. The number of aromatic nitrogens is 1. The summed E-state index contributed by atoms with van der Waals surface area (Å²) in [6.45, 7) is 4.48. The van der Waals surface area contributed by atoms with Crippen LogP contribution in [0.1, 0.15) is 56.5 Å². The molecule has 1 aliphatic heterocycles. The summed E-state index contributed by atoms with van der Waals surface area (Å²) in [6, 6.07) is 0.595. The molecular weight excluding hydrogens is 284 g/mol. The van der Waals surface area contributed by atoms with Crippen molar-refractivity contribution in [2.75, 3.05) is 0 Å². The standard InChI is InChI=1S/C16H24N2O2S/c1-11-6-5-7-12(2)18(11)15(19)10-17-13-8-3-4-9-14(13)21-16(17)20/h11-12H,3-10H2,1-2H3. The van der Waals surface area contributed by atoms with E-state index in [2.05, 4.69) is 13.8 Å². The van der Waals surface area contributed by atoms with Gasteiger partial charge >= 0.3 is 4.87 Å². The van der Waals surface area contributed by atoms with Gasteiger partial charge in [-0.1, -0.05) is 11.3 Å². The fourth-order valence-corrected chi connectivity index (χ4v) is 4.89. The van der Waals surface area contributed by atoms with Gasteiger partial charge in [-0.3, -0.25) is 14.2 Å². The SMILES string of the molecule is CC1CCCC(C)N1C(=O)Cn1c2c(sc1=O)CCCC2. The van der Waals surface area contributed by atoms with Gasteiger partial charge in [0.15, 0.2) is 0 Å². The van der Waals surface area contributed by atoms with Gasteiger partial charge in [-0.2, -0.15) is 0 Å². The van der Waals surface area contributed by atoms with Crippen LogP contribution in [-0.4, -0.2) is 27.5 Å². The van der Waals surface area contributed by atoms with Crippen molar-refractivity contribution in [2.24, 2.45) is 0 Å². The van der Waals surface area contributed by atoms with E-state index in [1.54, 1.807) is 4.57 Å². The lowest BCUT2D eigenvalue weighted by atomic mass is 9.97. The van der Waals surface area contributed by atoms with Crippen molar-refractivity contribution in [1.29, 1.82) is 0 Å². The van der Waals surface area contributed by atoms with E-state index in [-0.39, 0.29) is 17.3 Å². The Bertz CT molecular complexity index is 580. The van der Waals surface area contributed by atoms with Crippen LogP contribution in [-0.2, 0) is 24.2 Å². The molecule has 0 radical (unpaired) electrons. The fraction of sp³-hybridized carbons (Fsp3) is 0.750. The lowest BCUT2D eigenvalue weighted by Crippen LogP contribution is -2.49. The minimum absolute atomic E-state index is 0.0487. The van der Waals surface area contributed by atoms with Gasteiger partial charge < -0.3 is 4.90 Å². The molecule has 21 heavy (non-hydrogen) atoms. The number of carbonyl (C=O) groups is 1. The summed E-state index contributed by atoms with van der Waals surface area (Å²) in [6.07, 6.45) is 7.60. The number of piperidine rings is 1. The van der Waals surface area contributed by atoms with Crippen molar-refractivity contribution in [1.82, 2.24) is 9.47 Å². The van der Waals surface area contributed by atoms with E-state index < -0.39 is 0 Å². The molecule has 1 aromatic heterocycles. The summed E-state index contributed by atoms with van der Waals surface area (Å²) in [4.78, 5) is 28.2. The van der Waals surface area contributed by atoms with Crippen LogP contribution in [0.3, 0.4) is 0 Å². The molecule has 2 atom stereocenters. The highest BCUT2D eigenvalue weighted by Crippen LogP contribution is 2.25. The predicted octanol–water partition coefficient (Wildman–Crippen LogP) is 2.58. The fourth-order valence-electron chi connectivity index (χ4n) is 3.82. The van der Waals surface area contributed by atoms with Crippen molar-refractivity contribution >= 4 is 17.2 Å². The third-order valence-electron chi connectivity index (χ3n) is 4.92. The molecule has 5 heteroatoms. The average molecular weight is 308 g/mol. The van der Waals surface area contributed by atoms with Gasteiger partial charge in [-0.25, -0.2) is 0 Å². The van der Waals surface area contributed by atoms with Crippen molar-refractivity contribution in [2.45, 2.75) is 77.4 Å². The first-order valence-corrected chi connectivity index (χ1v) is 8.92. The van der Waals surface area contributed by atoms with E-state index in [0.29, 0.717) is 12.1 Å². The van der Waals surface area contributed by atoms with Crippen LogP contribution in [0.4, 0.5) is 0 Å². The van der Waals surface area contributed by atoms with Gasteiger partial charge in [0, 0.05) is 22.7 Å². The Balaban J connectivity index is 1.81. The van der Waals surface area contributed by atoms with Crippen molar-refractivity contribution in [3.8, 4) is 0 Å². The van der Waals surface area contributed by atoms with E-state index in [4.69, 9.17) is 0 Å². The van der Waals surface area contributed by atoms with Gasteiger partial charge in [0.05, 0.1) is 0 Å². The van der Waals surface area contributed by atoms with Gasteiger partial charge in [-0.05, 0) is 58.8 Å². The molecule has 0 N–H and O–H groups in total. The van der Waals surface area contributed by atoms with E-state index >= 15 is 0 Å². The molecular formula is C16H24N2O2S. The Morgan fingerprint density at radius 1 is 1.14 bits per heavy atom. The first kappa shape index (κ1) is 14.8. The van der Waals surface area contributed by atoms with Crippen LogP contribution in [0, 0.1) is 0 Å². The normalized spacial score (nSPS) is 25.7. The van der Waals surface area contributed by atoms with Gasteiger partial charge in [0.2, 0.25) is 5.91 Å². The smallest absolute Gasteiger partial charge is 0.308 e. The Labute approximate surface area is 129 Å². The number of amides is 1. The van der Waals surface area contributed by atoms with E-state index in [1.165, 1.54) is 29.1 Å². The molecule has 2 aliphatic rings. The van der Waals surface area contributed by atoms with E-state index in [9.17, 15) is 9.59 Å². The van der Waals surface area contributed by atoms with Crippen molar-refractivity contribution in [3.63, 3.8) is 0 Å². The highest BCUT2D eigenvalue weighted by Gasteiger charge is 2.30. The molecule has 0 saturated carbocycles. The summed E-state index contributed by atoms with van der Waals surface area (Å²) in [5.41, 5.74) is 1.13. The second-order valence-corrected chi connectivity index (χ2v) is 7.51. The summed E-state index contributed by atoms with van der Waals surface area (Å²) >= 11 is 1.34. The minimum atomic E-state index is 0.0487. The molecule has 1 aliphatic carbocycles. The average Bonchev–Trinajstić information content (AvgIpc) is 2.75. The molecule has 1 fully saturated rings. The van der Waals surface area contributed by atoms with Crippen molar-refractivity contribution < 1.29 is 4.79 Å². The molecule has 0 bridgehead atoms. The molecule has 1 aromatic rings. The topological polar surface area (TPSA) is 42.3 Å². The van der Waals surface area contributed by atoms with Crippen LogP contribution < -0.4 is 4.87 Å². The third-order valence-corrected chi connectivity index (χ3v) is 6.00. The van der Waals surface area contributed by atoms with E-state index in [1.807, 2.05) is 4.90 Å². The number of rotatable bonds is 2. The van der Waals surface area contributed by atoms with Gasteiger partial charge in [0.25, 0.3) is 0 Å². The number of nitrogens with zero attached hydrogens (tertiary/aromatic N) is 2.